The zero-order chi connectivity index (χ0) is 13.4. The molecule has 0 aromatic rings. The van der Waals surface area contributed by atoms with Crippen LogP contribution in [0.2, 0.25) is 0 Å². The van der Waals surface area contributed by atoms with Gasteiger partial charge in [-0.05, 0) is 32.3 Å². The van der Waals surface area contributed by atoms with Gasteiger partial charge in [-0.1, -0.05) is 13.0 Å². The highest BCUT2D eigenvalue weighted by Crippen LogP contribution is 2.13. The molecule has 2 N–H and O–H groups in total. The largest absolute Gasteiger partial charge is 0.399 e. The van der Waals surface area contributed by atoms with Crippen molar-refractivity contribution in [2.75, 3.05) is 20.2 Å². The Bertz CT molecular complexity index is 326. The predicted molar refractivity (Wildman–Crippen MR) is 76.4 cm³/mol. The minimum Gasteiger partial charge on any atom is -0.399 e. The maximum atomic E-state index is 5.76. The minimum atomic E-state index is 0.410. The molecule has 0 aromatic heterocycles. The zero-order valence-electron chi connectivity index (χ0n) is 11.7. The van der Waals surface area contributed by atoms with Crippen molar-refractivity contribution in [2.45, 2.75) is 39.2 Å². The number of nitrogens with two attached hydrogens (primary N) is 1. The molecule has 1 saturated heterocycles. The van der Waals surface area contributed by atoms with Crippen LogP contribution in [0.1, 0.15) is 33.1 Å². The Morgan fingerprint density at radius 2 is 2.11 bits per heavy atom. The Hall–Kier alpha value is -1.29. The van der Waals surface area contributed by atoms with Crippen LogP contribution in [0.5, 0.6) is 0 Å². The van der Waals surface area contributed by atoms with Crippen LogP contribution in [0, 0.1) is 0 Å². The fourth-order valence-electron chi connectivity index (χ4n) is 2.03. The summed E-state index contributed by atoms with van der Waals surface area (Å²) in [6.07, 6.45) is 9.10. The molecule has 18 heavy (non-hydrogen) atoms. The number of likely N-dealkylation sites (tertiary alicyclic amines) is 1. The van der Waals surface area contributed by atoms with E-state index in [1.54, 1.807) is 13.3 Å². The van der Waals surface area contributed by atoms with Gasteiger partial charge < -0.3 is 15.4 Å². The Kier molecular flexibility index (Phi) is 6.50. The number of methoxy groups -OCH3 is 1. The first-order valence-corrected chi connectivity index (χ1v) is 6.61. The van der Waals surface area contributed by atoms with Gasteiger partial charge in [0.15, 0.2) is 0 Å². The normalized spacial score (nSPS) is 19.8. The molecule has 102 valence electrons. The molecular formula is C14H25N3O. The Morgan fingerprint density at radius 1 is 1.44 bits per heavy atom. The molecule has 1 aliphatic heterocycles. The van der Waals surface area contributed by atoms with Gasteiger partial charge in [0.2, 0.25) is 0 Å². The van der Waals surface area contributed by atoms with E-state index in [-0.39, 0.29) is 0 Å². The van der Waals surface area contributed by atoms with Crippen LogP contribution >= 0.6 is 0 Å². The average Bonchev–Trinajstić information content (AvgIpc) is 2.39. The van der Waals surface area contributed by atoms with Crippen molar-refractivity contribution in [2.24, 2.45) is 10.7 Å². The van der Waals surface area contributed by atoms with Crippen molar-refractivity contribution in [3.8, 4) is 0 Å². The number of allylic oxidation sites excluding steroid dienone is 2. The van der Waals surface area contributed by atoms with Crippen molar-refractivity contribution in [1.29, 1.82) is 0 Å². The number of hydrogen-bond acceptors (Lipinski definition) is 3. The van der Waals surface area contributed by atoms with Gasteiger partial charge >= 0.3 is 0 Å². The molecule has 0 radical (unpaired) electrons. The fourth-order valence-corrected chi connectivity index (χ4v) is 2.03. The number of ether oxygens (including phenoxy) is 1. The summed E-state index contributed by atoms with van der Waals surface area (Å²) in [5, 5.41) is 0. The van der Waals surface area contributed by atoms with Gasteiger partial charge in [0.05, 0.1) is 6.10 Å². The van der Waals surface area contributed by atoms with Crippen LogP contribution in [0.15, 0.2) is 29.0 Å². The second-order valence-electron chi connectivity index (χ2n) is 4.53. The summed E-state index contributed by atoms with van der Waals surface area (Å²) in [5.41, 5.74) is 6.53. The SMILES string of the molecule is CC/C=C(N)/C=C\N=C(C)N1CCC(OC)CC1. The van der Waals surface area contributed by atoms with E-state index in [1.165, 1.54) is 0 Å². The number of aliphatic imine (C=N–C) groups is 1. The van der Waals surface area contributed by atoms with E-state index >= 15 is 0 Å². The number of rotatable bonds is 4. The molecule has 1 fully saturated rings. The third kappa shape index (κ3) is 4.92. The summed E-state index contributed by atoms with van der Waals surface area (Å²) < 4.78 is 5.35. The van der Waals surface area contributed by atoms with E-state index in [4.69, 9.17) is 10.5 Å². The molecule has 0 spiro atoms. The van der Waals surface area contributed by atoms with E-state index in [1.807, 2.05) is 19.1 Å². The van der Waals surface area contributed by atoms with Gasteiger partial charge in [-0.25, -0.2) is 4.99 Å². The lowest BCUT2D eigenvalue weighted by Gasteiger charge is -2.32. The summed E-state index contributed by atoms with van der Waals surface area (Å²) in [5.74, 6) is 1.05. The van der Waals surface area contributed by atoms with E-state index in [2.05, 4.69) is 16.8 Å². The quantitative estimate of drug-likeness (QED) is 0.474. The first-order chi connectivity index (χ1) is 8.67. The second-order valence-corrected chi connectivity index (χ2v) is 4.53. The monoisotopic (exact) mass is 251 g/mol. The average molecular weight is 251 g/mol. The van der Waals surface area contributed by atoms with Gasteiger partial charge in [0, 0.05) is 32.1 Å². The molecule has 0 aromatic carbocycles. The Labute approximate surface area is 110 Å². The first kappa shape index (κ1) is 14.8. The summed E-state index contributed by atoms with van der Waals surface area (Å²) in [4.78, 5) is 6.71. The standard InChI is InChI=1S/C14H25N3O/c1-4-5-13(15)6-9-16-12(2)17-10-7-14(18-3)8-11-17/h5-6,9,14H,4,7-8,10-11,15H2,1-3H3/b9-6-,13-5-,16-12?. The maximum absolute atomic E-state index is 5.76. The fraction of sp³-hybridized carbons (Fsp3) is 0.643. The van der Waals surface area contributed by atoms with Crippen molar-refractivity contribution in [3.05, 3.63) is 24.0 Å². The highest BCUT2D eigenvalue weighted by atomic mass is 16.5. The third-order valence-corrected chi connectivity index (χ3v) is 3.20. The number of nitrogens with zero attached hydrogens (tertiary/aromatic N) is 2. The second kappa shape index (κ2) is 7.93. The summed E-state index contributed by atoms with van der Waals surface area (Å²) >= 11 is 0. The first-order valence-electron chi connectivity index (χ1n) is 6.61. The highest BCUT2D eigenvalue weighted by molar-refractivity contribution is 5.80. The van der Waals surface area contributed by atoms with Crippen LogP contribution in [-0.2, 0) is 4.74 Å². The van der Waals surface area contributed by atoms with E-state index < -0.39 is 0 Å². The Morgan fingerprint density at radius 3 is 2.67 bits per heavy atom. The molecule has 0 bridgehead atoms. The number of amidine groups is 1. The lowest BCUT2D eigenvalue weighted by molar-refractivity contribution is 0.0577. The molecule has 0 aliphatic carbocycles. The summed E-state index contributed by atoms with van der Waals surface area (Å²) in [7, 11) is 1.78. The van der Waals surface area contributed by atoms with Crippen LogP contribution in [0.3, 0.4) is 0 Å². The van der Waals surface area contributed by atoms with Gasteiger partial charge in [0.25, 0.3) is 0 Å². The molecule has 0 atom stereocenters. The Balaban J connectivity index is 2.45. The minimum absolute atomic E-state index is 0.410. The molecule has 1 rings (SSSR count). The van der Waals surface area contributed by atoms with E-state index in [9.17, 15) is 0 Å². The summed E-state index contributed by atoms with van der Waals surface area (Å²) in [6.45, 7) is 6.14. The number of hydrogen-bond donors (Lipinski definition) is 1. The van der Waals surface area contributed by atoms with Crippen molar-refractivity contribution >= 4 is 5.84 Å². The van der Waals surface area contributed by atoms with Crippen molar-refractivity contribution in [3.63, 3.8) is 0 Å². The van der Waals surface area contributed by atoms with Gasteiger partial charge in [0.1, 0.15) is 5.84 Å². The maximum Gasteiger partial charge on any atom is 0.101 e. The molecule has 1 heterocycles. The third-order valence-electron chi connectivity index (χ3n) is 3.20. The molecule has 4 nitrogen and oxygen atoms in total. The molecule has 0 unspecified atom stereocenters. The molecule has 0 saturated carbocycles. The van der Waals surface area contributed by atoms with Crippen LogP contribution < -0.4 is 5.73 Å². The van der Waals surface area contributed by atoms with E-state index in [0.717, 1.165) is 43.9 Å². The zero-order valence-corrected chi connectivity index (χ0v) is 11.7. The molecule has 0 amide bonds. The van der Waals surface area contributed by atoms with Gasteiger partial charge in [-0.3, -0.25) is 0 Å². The highest BCUT2D eigenvalue weighted by Gasteiger charge is 2.18. The van der Waals surface area contributed by atoms with Crippen molar-refractivity contribution < 1.29 is 4.74 Å². The molecule has 4 heteroatoms. The van der Waals surface area contributed by atoms with E-state index in [0.29, 0.717) is 6.10 Å². The van der Waals surface area contributed by atoms with Crippen LogP contribution in [0.4, 0.5) is 0 Å². The smallest absolute Gasteiger partial charge is 0.101 e. The van der Waals surface area contributed by atoms with Crippen molar-refractivity contribution in [1.82, 2.24) is 4.90 Å². The molecule has 1 aliphatic rings. The lowest BCUT2D eigenvalue weighted by Crippen LogP contribution is -2.39. The topological polar surface area (TPSA) is 50.8 Å². The predicted octanol–water partition coefficient (Wildman–Crippen LogP) is 2.28. The van der Waals surface area contributed by atoms with Gasteiger partial charge in [-0.15, -0.1) is 0 Å². The lowest BCUT2D eigenvalue weighted by atomic mass is 10.1. The summed E-state index contributed by atoms with van der Waals surface area (Å²) in [6, 6.07) is 0. The van der Waals surface area contributed by atoms with Gasteiger partial charge in [-0.2, -0.15) is 0 Å². The van der Waals surface area contributed by atoms with Crippen LogP contribution in [0.25, 0.3) is 0 Å². The molecular weight excluding hydrogens is 226 g/mol. The number of piperidine rings is 1. The van der Waals surface area contributed by atoms with Crippen LogP contribution in [-0.4, -0.2) is 37.0 Å².